The third kappa shape index (κ3) is 2.63. The van der Waals surface area contributed by atoms with Gasteiger partial charge in [-0.1, -0.05) is 36.4 Å². The van der Waals surface area contributed by atoms with Crippen LogP contribution in [0.4, 0.5) is 11.4 Å². The Labute approximate surface area is 217 Å². The zero-order chi connectivity index (χ0) is 25.5. The number of amides is 1. The number of carbonyl (C=O) groups excluding carboxylic acids is 2. The van der Waals surface area contributed by atoms with Gasteiger partial charge in [-0.3, -0.25) is 24.6 Å². The topological polar surface area (TPSA) is 102 Å². The Kier molecular flexibility index (Phi) is 4.66. The second-order valence-electron chi connectivity index (χ2n) is 10.1. The Bertz CT molecular complexity index is 1510. The van der Waals surface area contributed by atoms with Crippen LogP contribution in [0.1, 0.15) is 33.0 Å². The fraction of sp³-hybridized carbons (Fsp3) is 0.286. The van der Waals surface area contributed by atoms with E-state index in [1.165, 1.54) is 12.1 Å². The van der Waals surface area contributed by atoms with E-state index >= 15 is 0 Å². The minimum absolute atomic E-state index is 0.0715. The van der Waals surface area contributed by atoms with E-state index in [4.69, 9.17) is 4.74 Å². The van der Waals surface area contributed by atoms with E-state index in [2.05, 4.69) is 10.2 Å². The molecule has 4 aliphatic rings. The summed E-state index contributed by atoms with van der Waals surface area (Å²) < 4.78 is 5.39. The summed E-state index contributed by atoms with van der Waals surface area (Å²) in [6.45, 7) is 0. The second kappa shape index (κ2) is 7.66. The fourth-order valence-corrected chi connectivity index (χ4v) is 8.69. The molecule has 4 atom stereocenters. The van der Waals surface area contributed by atoms with Gasteiger partial charge >= 0.3 is 0 Å². The summed E-state index contributed by atoms with van der Waals surface area (Å²) in [7, 11) is 1.61. The number of ether oxygens (including phenoxy) is 1. The Hall–Kier alpha value is -3.69. The summed E-state index contributed by atoms with van der Waals surface area (Å²) in [5.74, 6) is 1.36. The second-order valence-corrected chi connectivity index (χ2v) is 11.1. The first-order valence-corrected chi connectivity index (χ1v) is 13.3. The molecular weight excluding hydrogens is 490 g/mol. The van der Waals surface area contributed by atoms with Crippen LogP contribution in [0.5, 0.6) is 5.75 Å². The molecule has 9 heteroatoms. The molecule has 3 aliphatic heterocycles. The van der Waals surface area contributed by atoms with E-state index in [1.807, 2.05) is 48.5 Å². The molecule has 37 heavy (non-hydrogen) atoms. The van der Waals surface area contributed by atoms with Gasteiger partial charge in [0.25, 0.3) is 11.6 Å². The molecule has 0 radical (unpaired) electrons. The Morgan fingerprint density at radius 2 is 1.89 bits per heavy atom. The van der Waals surface area contributed by atoms with Crippen LogP contribution in [0.25, 0.3) is 0 Å². The lowest BCUT2D eigenvalue weighted by Crippen LogP contribution is -2.58. The maximum Gasteiger partial charge on any atom is 0.269 e. The van der Waals surface area contributed by atoms with Crippen LogP contribution < -0.4 is 10.1 Å². The molecule has 0 aromatic heterocycles. The van der Waals surface area contributed by atoms with Gasteiger partial charge in [0.1, 0.15) is 11.3 Å². The molecule has 0 unspecified atom stereocenters. The highest BCUT2D eigenvalue weighted by Crippen LogP contribution is 2.70. The molecule has 2 saturated heterocycles. The van der Waals surface area contributed by atoms with Gasteiger partial charge in [0.05, 0.1) is 17.4 Å². The Morgan fingerprint density at radius 3 is 2.62 bits per heavy atom. The number of carbonyl (C=O) groups is 2. The quantitative estimate of drug-likeness (QED) is 0.410. The molecule has 186 valence electrons. The van der Waals surface area contributed by atoms with Crippen LogP contribution in [0.15, 0.2) is 66.7 Å². The third-order valence-corrected chi connectivity index (χ3v) is 9.74. The first-order valence-electron chi connectivity index (χ1n) is 12.1. The van der Waals surface area contributed by atoms with Crippen molar-refractivity contribution in [2.75, 3.05) is 24.1 Å². The number of rotatable bonds is 3. The number of nitrogens with one attached hydrogen (secondary N) is 1. The Balaban J connectivity index is 1.56. The van der Waals surface area contributed by atoms with Gasteiger partial charge in [-0.05, 0) is 35.7 Å². The van der Waals surface area contributed by atoms with Gasteiger partial charge in [-0.15, -0.1) is 11.8 Å². The van der Waals surface area contributed by atoms with Crippen molar-refractivity contribution in [1.82, 2.24) is 4.90 Å². The smallest absolute Gasteiger partial charge is 0.269 e. The van der Waals surface area contributed by atoms with Crippen molar-refractivity contribution in [3.63, 3.8) is 0 Å². The van der Waals surface area contributed by atoms with Gasteiger partial charge < -0.3 is 10.1 Å². The van der Waals surface area contributed by atoms with Crippen molar-refractivity contribution in [3.05, 3.63) is 99.1 Å². The lowest BCUT2D eigenvalue weighted by atomic mass is 9.58. The average molecular weight is 514 g/mol. The number of benzene rings is 3. The molecule has 0 saturated carbocycles. The number of fused-ring (bicyclic) bond motifs is 6. The van der Waals surface area contributed by atoms with Crippen molar-refractivity contribution in [2.24, 2.45) is 5.41 Å². The number of nitro benzene ring substituents is 1. The molecule has 7 rings (SSSR count). The summed E-state index contributed by atoms with van der Waals surface area (Å²) in [4.78, 5) is 42.6. The molecule has 1 amide bonds. The minimum Gasteiger partial charge on any atom is -0.497 e. The van der Waals surface area contributed by atoms with E-state index in [1.54, 1.807) is 24.9 Å². The number of thioether (sulfide) groups is 1. The van der Waals surface area contributed by atoms with Crippen molar-refractivity contribution in [2.45, 2.75) is 23.9 Å². The number of Topliss-reactive ketones (excluding diaryl/α,β-unsaturated/α-hetero) is 1. The maximum absolute atomic E-state index is 14.7. The van der Waals surface area contributed by atoms with Crippen molar-refractivity contribution in [3.8, 4) is 5.75 Å². The highest BCUT2D eigenvalue weighted by molar-refractivity contribution is 7.99. The van der Waals surface area contributed by atoms with Gasteiger partial charge in [0, 0.05) is 52.5 Å². The zero-order valence-electron chi connectivity index (χ0n) is 20.0. The van der Waals surface area contributed by atoms with Gasteiger partial charge in [-0.2, -0.15) is 0 Å². The van der Waals surface area contributed by atoms with Gasteiger partial charge in [-0.25, -0.2) is 0 Å². The lowest BCUT2D eigenvalue weighted by molar-refractivity contribution is -0.385. The fourth-order valence-electron chi connectivity index (χ4n) is 7.38. The maximum atomic E-state index is 14.7. The molecule has 2 spiro atoms. The van der Waals surface area contributed by atoms with Crippen molar-refractivity contribution in [1.29, 1.82) is 0 Å². The van der Waals surface area contributed by atoms with Gasteiger partial charge in [0.2, 0.25) is 0 Å². The molecule has 3 aromatic carbocycles. The average Bonchev–Trinajstić information content (AvgIpc) is 3.62. The van der Waals surface area contributed by atoms with Crippen LogP contribution in [0.2, 0.25) is 0 Å². The van der Waals surface area contributed by atoms with Crippen LogP contribution >= 0.6 is 11.8 Å². The minimum atomic E-state index is -1.37. The van der Waals surface area contributed by atoms with E-state index in [0.717, 1.165) is 16.9 Å². The number of nitro groups is 1. The number of ketones is 1. The summed E-state index contributed by atoms with van der Waals surface area (Å²) in [5, 5.41) is 14.8. The zero-order valence-corrected chi connectivity index (χ0v) is 20.8. The van der Waals surface area contributed by atoms with E-state index in [-0.39, 0.29) is 29.3 Å². The molecule has 0 bridgehead atoms. The summed E-state index contributed by atoms with van der Waals surface area (Å²) >= 11 is 1.72. The van der Waals surface area contributed by atoms with E-state index in [0.29, 0.717) is 34.9 Å². The van der Waals surface area contributed by atoms with E-state index < -0.39 is 15.9 Å². The first-order chi connectivity index (χ1) is 17.9. The van der Waals surface area contributed by atoms with Crippen LogP contribution in [-0.4, -0.2) is 46.3 Å². The summed E-state index contributed by atoms with van der Waals surface area (Å²) in [6, 6.07) is 19.7. The van der Waals surface area contributed by atoms with Crippen LogP contribution in [0, 0.1) is 15.5 Å². The number of methoxy groups -OCH3 is 1. The van der Waals surface area contributed by atoms with Crippen molar-refractivity contribution < 1.29 is 19.2 Å². The third-order valence-electron chi connectivity index (χ3n) is 8.70. The lowest BCUT2D eigenvalue weighted by Gasteiger charge is -2.44. The number of nitrogens with zero attached hydrogens (tertiary/aromatic N) is 2. The summed E-state index contributed by atoms with van der Waals surface area (Å²) in [6.07, 6.45) is 0.381. The van der Waals surface area contributed by atoms with Crippen molar-refractivity contribution >= 4 is 34.8 Å². The number of non-ortho nitro benzene ring substituents is 1. The molecular formula is C28H23N3O5S. The number of hydrogen-bond acceptors (Lipinski definition) is 7. The summed E-state index contributed by atoms with van der Waals surface area (Å²) in [5.41, 5.74) is 0.921. The molecule has 3 aromatic rings. The number of hydrogen-bond donors (Lipinski definition) is 1. The molecule has 2 fully saturated rings. The Morgan fingerprint density at radius 1 is 1.11 bits per heavy atom. The monoisotopic (exact) mass is 513 g/mol. The standard InChI is InChI=1S/C28H23N3O5S/c1-36-19-9-6-16(7-10-19)24-23-14-37-15-30(23)28(27(24)13-17-4-2-3-5-20(17)25(27)32)21-12-18(31(34)35)8-11-22(21)29-26(28)33/h2-12,23-24H,13-15H2,1H3,(H,29,33)/t23-,24-,27-,28-/m0/s1. The highest BCUT2D eigenvalue weighted by Gasteiger charge is 2.79. The van der Waals surface area contributed by atoms with E-state index in [9.17, 15) is 19.7 Å². The predicted octanol–water partition coefficient (Wildman–Crippen LogP) is 4.35. The largest absolute Gasteiger partial charge is 0.497 e. The number of anilines is 1. The molecule has 1 aliphatic carbocycles. The molecule has 8 nitrogen and oxygen atoms in total. The highest BCUT2D eigenvalue weighted by atomic mass is 32.2. The predicted molar refractivity (Wildman–Crippen MR) is 139 cm³/mol. The van der Waals surface area contributed by atoms with Crippen LogP contribution in [-0.2, 0) is 16.8 Å². The molecule has 3 heterocycles. The molecule has 1 N–H and O–H groups in total. The first kappa shape index (κ1) is 22.5. The van der Waals surface area contributed by atoms with Gasteiger partial charge in [0.15, 0.2) is 5.78 Å². The normalized spacial score (nSPS) is 29.4. The SMILES string of the molecule is COc1ccc([C@H]2[C@@H]3CSCN3[C@@]3(C(=O)Nc4ccc([N+](=O)[O-])cc43)[C@@]23Cc2ccccc2C3=O)cc1. The van der Waals surface area contributed by atoms with Crippen LogP contribution in [0.3, 0.4) is 0 Å².